The number of allylic oxidation sites excluding steroid dienone is 2. The third-order valence-corrected chi connectivity index (χ3v) is 2.78. The average molecular weight is 261 g/mol. The topological polar surface area (TPSA) is 69.4 Å². The molecule has 19 heavy (non-hydrogen) atoms. The minimum Gasteiger partial charge on any atom is -0.462 e. The Morgan fingerprint density at radius 2 is 1.84 bits per heavy atom. The molecule has 0 bridgehead atoms. The van der Waals surface area contributed by atoms with Crippen LogP contribution < -0.4 is 5.73 Å². The van der Waals surface area contributed by atoms with Gasteiger partial charge in [-0.25, -0.2) is 4.79 Å². The lowest BCUT2D eigenvalue weighted by Crippen LogP contribution is -2.13. The van der Waals surface area contributed by atoms with E-state index in [1.165, 1.54) is 6.92 Å². The average Bonchev–Trinajstić information content (AvgIpc) is 2.35. The third-order valence-electron chi connectivity index (χ3n) is 2.78. The van der Waals surface area contributed by atoms with Crippen LogP contribution in [0.5, 0.6) is 0 Å². The Labute approximate surface area is 113 Å². The first-order valence-electron chi connectivity index (χ1n) is 6.18. The Balaban J connectivity index is 3.11. The molecule has 0 fully saturated rings. The van der Waals surface area contributed by atoms with Crippen molar-refractivity contribution in [3.8, 4) is 0 Å². The van der Waals surface area contributed by atoms with Crippen LogP contribution in [0.1, 0.15) is 36.7 Å². The summed E-state index contributed by atoms with van der Waals surface area (Å²) in [5.74, 6) is -0.464. The molecule has 0 aliphatic rings. The SMILES string of the molecule is CCOC(=O)c1ccccc1CC(C(C)=O)=C(C)N. The first kappa shape index (κ1) is 15.0. The number of benzene rings is 1. The van der Waals surface area contributed by atoms with Gasteiger partial charge in [-0.2, -0.15) is 0 Å². The van der Waals surface area contributed by atoms with Gasteiger partial charge in [-0.3, -0.25) is 4.79 Å². The van der Waals surface area contributed by atoms with Crippen LogP contribution in [0, 0.1) is 0 Å². The maximum Gasteiger partial charge on any atom is 0.338 e. The number of hydrogen-bond donors (Lipinski definition) is 1. The van der Waals surface area contributed by atoms with Crippen LogP contribution in [-0.4, -0.2) is 18.4 Å². The predicted octanol–water partition coefficient (Wildman–Crippen LogP) is 2.23. The van der Waals surface area contributed by atoms with Gasteiger partial charge in [0.2, 0.25) is 0 Å². The number of hydrogen-bond acceptors (Lipinski definition) is 4. The lowest BCUT2D eigenvalue weighted by atomic mass is 9.97. The molecule has 0 saturated heterocycles. The second kappa shape index (κ2) is 6.73. The molecule has 0 amide bonds. The molecule has 2 N–H and O–H groups in total. The van der Waals surface area contributed by atoms with Crippen molar-refractivity contribution < 1.29 is 14.3 Å². The summed E-state index contributed by atoms with van der Waals surface area (Å²) in [6.07, 6.45) is 0.340. The monoisotopic (exact) mass is 261 g/mol. The van der Waals surface area contributed by atoms with E-state index in [2.05, 4.69) is 0 Å². The van der Waals surface area contributed by atoms with Crippen LogP contribution in [0.2, 0.25) is 0 Å². The molecule has 0 radical (unpaired) electrons. The highest BCUT2D eigenvalue weighted by Gasteiger charge is 2.15. The first-order chi connectivity index (χ1) is 8.97. The molecule has 0 unspecified atom stereocenters. The summed E-state index contributed by atoms with van der Waals surface area (Å²) in [6.45, 7) is 5.23. The number of esters is 1. The van der Waals surface area contributed by atoms with Gasteiger partial charge in [-0.15, -0.1) is 0 Å². The second-order valence-corrected chi connectivity index (χ2v) is 4.27. The van der Waals surface area contributed by atoms with Crippen molar-refractivity contribution in [2.24, 2.45) is 5.73 Å². The number of ether oxygens (including phenoxy) is 1. The number of rotatable bonds is 5. The fourth-order valence-electron chi connectivity index (χ4n) is 1.81. The van der Waals surface area contributed by atoms with E-state index in [4.69, 9.17) is 10.5 Å². The summed E-state index contributed by atoms with van der Waals surface area (Å²) in [5.41, 5.74) is 7.94. The maximum absolute atomic E-state index is 11.8. The fraction of sp³-hybridized carbons (Fsp3) is 0.333. The number of nitrogens with two attached hydrogens (primary N) is 1. The van der Waals surface area contributed by atoms with Gasteiger partial charge in [0.15, 0.2) is 5.78 Å². The molecule has 102 valence electrons. The molecule has 0 spiro atoms. The molecule has 1 rings (SSSR count). The Hall–Kier alpha value is -2.10. The van der Waals surface area contributed by atoms with Crippen molar-refractivity contribution in [1.82, 2.24) is 0 Å². The zero-order valence-corrected chi connectivity index (χ0v) is 11.5. The van der Waals surface area contributed by atoms with E-state index in [1.807, 2.05) is 6.07 Å². The van der Waals surface area contributed by atoms with Crippen LogP contribution in [0.15, 0.2) is 35.5 Å². The molecule has 0 saturated carbocycles. The molecule has 0 aromatic heterocycles. The molecule has 0 aliphatic heterocycles. The van der Waals surface area contributed by atoms with Crippen LogP contribution in [0.4, 0.5) is 0 Å². The quantitative estimate of drug-likeness (QED) is 0.652. The zero-order chi connectivity index (χ0) is 14.4. The van der Waals surface area contributed by atoms with Gasteiger partial charge in [0.25, 0.3) is 0 Å². The molecule has 4 nitrogen and oxygen atoms in total. The van der Waals surface area contributed by atoms with Crippen LogP contribution in [0.3, 0.4) is 0 Å². The minimum absolute atomic E-state index is 0.0846. The van der Waals surface area contributed by atoms with Crippen molar-refractivity contribution >= 4 is 11.8 Å². The summed E-state index contributed by atoms with van der Waals surface area (Å²) in [5, 5.41) is 0. The molecule has 0 aliphatic carbocycles. The number of carbonyl (C=O) groups excluding carboxylic acids is 2. The largest absolute Gasteiger partial charge is 0.462 e. The van der Waals surface area contributed by atoms with Crippen LogP contribution in [0.25, 0.3) is 0 Å². The van der Waals surface area contributed by atoms with E-state index in [1.54, 1.807) is 32.0 Å². The van der Waals surface area contributed by atoms with E-state index in [9.17, 15) is 9.59 Å². The van der Waals surface area contributed by atoms with E-state index in [-0.39, 0.29) is 11.8 Å². The van der Waals surface area contributed by atoms with Gasteiger partial charge in [0.05, 0.1) is 12.2 Å². The first-order valence-corrected chi connectivity index (χ1v) is 6.18. The Morgan fingerprint density at radius 3 is 2.37 bits per heavy atom. The molecular formula is C15H19NO3. The van der Waals surface area contributed by atoms with Crippen molar-refractivity contribution in [3.05, 3.63) is 46.7 Å². The van der Waals surface area contributed by atoms with Gasteiger partial charge in [-0.1, -0.05) is 18.2 Å². The van der Waals surface area contributed by atoms with Crippen molar-refractivity contribution in [2.45, 2.75) is 27.2 Å². The summed E-state index contributed by atoms with van der Waals surface area (Å²) < 4.78 is 5.00. The summed E-state index contributed by atoms with van der Waals surface area (Å²) >= 11 is 0. The summed E-state index contributed by atoms with van der Waals surface area (Å²) in [7, 11) is 0. The molecule has 1 aromatic carbocycles. The van der Waals surface area contributed by atoms with Crippen molar-refractivity contribution in [1.29, 1.82) is 0 Å². The second-order valence-electron chi connectivity index (χ2n) is 4.27. The van der Waals surface area contributed by atoms with Crippen molar-refractivity contribution in [2.75, 3.05) is 6.61 Å². The van der Waals surface area contributed by atoms with Gasteiger partial charge in [0, 0.05) is 17.7 Å². The number of Topliss-reactive ketones (excluding diaryl/α,β-unsaturated/α-hetero) is 1. The Kier molecular flexibility index (Phi) is 5.30. The standard InChI is InChI=1S/C15H19NO3/c1-4-19-15(18)13-8-6-5-7-12(13)9-14(10(2)16)11(3)17/h5-8H,4,9,16H2,1-3H3. The Bertz CT molecular complexity index is 514. The lowest BCUT2D eigenvalue weighted by Gasteiger charge is -2.11. The molecule has 0 heterocycles. The molecule has 1 aromatic rings. The summed E-state index contributed by atoms with van der Waals surface area (Å²) in [6, 6.07) is 7.08. The lowest BCUT2D eigenvalue weighted by molar-refractivity contribution is -0.113. The molecule has 0 atom stereocenters. The van der Waals surface area contributed by atoms with Crippen molar-refractivity contribution in [3.63, 3.8) is 0 Å². The fourth-order valence-corrected chi connectivity index (χ4v) is 1.81. The van der Waals surface area contributed by atoms with Gasteiger partial charge in [0.1, 0.15) is 0 Å². The Morgan fingerprint density at radius 1 is 1.21 bits per heavy atom. The predicted molar refractivity (Wildman–Crippen MR) is 73.7 cm³/mol. The van der Waals surface area contributed by atoms with E-state index in [0.29, 0.717) is 29.9 Å². The van der Waals surface area contributed by atoms with Gasteiger partial charge >= 0.3 is 5.97 Å². The number of carbonyl (C=O) groups is 2. The highest BCUT2D eigenvalue weighted by Crippen LogP contribution is 2.16. The zero-order valence-electron chi connectivity index (χ0n) is 11.5. The molecule has 4 heteroatoms. The van der Waals surface area contributed by atoms with E-state index < -0.39 is 0 Å². The van der Waals surface area contributed by atoms with Gasteiger partial charge in [-0.05, 0) is 32.4 Å². The minimum atomic E-state index is -0.379. The van der Waals surface area contributed by atoms with Gasteiger partial charge < -0.3 is 10.5 Å². The van der Waals surface area contributed by atoms with Crippen LogP contribution >= 0.6 is 0 Å². The normalized spacial score (nSPS) is 11.7. The number of ketones is 1. The van der Waals surface area contributed by atoms with E-state index in [0.717, 1.165) is 5.56 Å². The maximum atomic E-state index is 11.8. The van der Waals surface area contributed by atoms with E-state index >= 15 is 0 Å². The highest BCUT2D eigenvalue weighted by atomic mass is 16.5. The van der Waals surface area contributed by atoms with Crippen LogP contribution in [-0.2, 0) is 16.0 Å². The highest BCUT2D eigenvalue weighted by molar-refractivity contribution is 5.96. The smallest absolute Gasteiger partial charge is 0.338 e. The molecular weight excluding hydrogens is 242 g/mol. The summed E-state index contributed by atoms with van der Waals surface area (Å²) in [4.78, 5) is 23.4. The third kappa shape index (κ3) is 3.95.